The number of hydrogen-bond acceptors (Lipinski definition) is 2. The lowest BCUT2D eigenvalue weighted by atomic mass is 10.1. The quantitative estimate of drug-likeness (QED) is 0.819. The van der Waals surface area contributed by atoms with Crippen LogP contribution in [0.1, 0.15) is 24.9 Å². The normalized spacial score (nSPS) is 12.8. The summed E-state index contributed by atoms with van der Waals surface area (Å²) in [6.07, 6.45) is 1.86. The van der Waals surface area contributed by atoms with Gasteiger partial charge in [-0.05, 0) is 24.3 Å². The topological polar surface area (TPSA) is 50.5 Å². The third-order valence-electron chi connectivity index (χ3n) is 2.14. The van der Waals surface area contributed by atoms with E-state index in [0.717, 1.165) is 18.2 Å². The summed E-state index contributed by atoms with van der Waals surface area (Å²) in [6, 6.07) is 6.75. The van der Waals surface area contributed by atoms with Gasteiger partial charge in [0, 0.05) is 17.7 Å². The first-order valence-electron chi connectivity index (χ1n) is 4.90. The van der Waals surface area contributed by atoms with Crippen LogP contribution in [-0.2, 0) is 10.0 Å². The predicted molar refractivity (Wildman–Crippen MR) is 64.5 cm³/mol. The van der Waals surface area contributed by atoms with Gasteiger partial charge in [-0.1, -0.05) is 6.92 Å². The van der Waals surface area contributed by atoms with Crippen LogP contribution >= 0.6 is 0 Å². The maximum absolute atomic E-state index is 11.0. The maximum atomic E-state index is 11.0. The molecule has 0 saturated heterocycles. The zero-order valence-corrected chi connectivity index (χ0v) is 10.1. The molecule has 86 valence electrons. The molecule has 5 heteroatoms. The summed E-state index contributed by atoms with van der Waals surface area (Å²) in [6.45, 7) is 8.96. The molecule has 16 heavy (non-hydrogen) atoms. The monoisotopic (exact) mass is 238 g/mol. The Labute approximate surface area is 96.2 Å². The zero-order valence-electron chi connectivity index (χ0n) is 9.27. The first-order chi connectivity index (χ1) is 7.46. The minimum absolute atomic E-state index is 0.146. The van der Waals surface area contributed by atoms with Gasteiger partial charge in [-0.2, -0.15) is 0 Å². The van der Waals surface area contributed by atoms with E-state index in [2.05, 4.69) is 9.57 Å². The molecule has 0 aliphatic heterocycles. The van der Waals surface area contributed by atoms with Gasteiger partial charge in [0.05, 0.1) is 6.26 Å². The molecular weight excluding hydrogens is 224 g/mol. The van der Waals surface area contributed by atoms with Crippen LogP contribution in [0.3, 0.4) is 0 Å². The Hall–Kier alpha value is -1.54. The van der Waals surface area contributed by atoms with Crippen LogP contribution < -0.4 is 4.72 Å². The van der Waals surface area contributed by atoms with Crippen LogP contribution in [0, 0.1) is 6.57 Å². The van der Waals surface area contributed by atoms with Gasteiger partial charge in [0.25, 0.3) is 0 Å². The van der Waals surface area contributed by atoms with Crippen molar-refractivity contribution in [3.8, 4) is 0 Å². The summed E-state index contributed by atoms with van der Waals surface area (Å²) in [4.78, 5) is 3.49. The summed E-state index contributed by atoms with van der Waals surface area (Å²) < 4.78 is 24.3. The van der Waals surface area contributed by atoms with Crippen LogP contribution in [0.25, 0.3) is 4.85 Å². The second-order valence-corrected chi connectivity index (χ2v) is 5.30. The van der Waals surface area contributed by atoms with Crippen molar-refractivity contribution in [2.45, 2.75) is 19.4 Å². The summed E-state index contributed by atoms with van der Waals surface area (Å²) in [7, 11) is -3.23. The average Bonchev–Trinajstić information content (AvgIpc) is 2.20. The molecule has 1 aromatic rings. The van der Waals surface area contributed by atoms with Crippen LogP contribution in [0.15, 0.2) is 24.3 Å². The second-order valence-electron chi connectivity index (χ2n) is 3.55. The lowest BCUT2D eigenvalue weighted by Crippen LogP contribution is -2.09. The number of hydrogen-bond donors (Lipinski definition) is 1. The highest BCUT2D eigenvalue weighted by molar-refractivity contribution is 7.92. The molecule has 0 saturated carbocycles. The highest BCUT2D eigenvalue weighted by atomic mass is 32.2. The summed E-state index contributed by atoms with van der Waals surface area (Å²) in [5, 5.41) is 0. The fourth-order valence-electron chi connectivity index (χ4n) is 1.39. The van der Waals surface area contributed by atoms with Gasteiger partial charge in [-0.15, -0.1) is 0 Å². The zero-order chi connectivity index (χ0) is 12.2. The summed E-state index contributed by atoms with van der Waals surface area (Å²) in [5.41, 5.74) is 1.43. The predicted octanol–water partition coefficient (Wildman–Crippen LogP) is 2.43. The molecule has 0 heterocycles. The van der Waals surface area contributed by atoms with Gasteiger partial charge in [-0.25, -0.2) is 15.0 Å². The highest BCUT2D eigenvalue weighted by Crippen LogP contribution is 2.22. The van der Waals surface area contributed by atoms with E-state index < -0.39 is 10.0 Å². The van der Waals surface area contributed by atoms with Crippen LogP contribution in [-0.4, -0.2) is 14.7 Å². The van der Waals surface area contributed by atoms with E-state index in [0.29, 0.717) is 5.69 Å². The minimum Gasteiger partial charge on any atom is -0.309 e. The molecule has 4 nitrogen and oxygen atoms in total. The number of anilines is 1. The average molecular weight is 238 g/mol. The van der Waals surface area contributed by atoms with Gasteiger partial charge in [0.1, 0.15) is 0 Å². The van der Waals surface area contributed by atoms with E-state index in [-0.39, 0.29) is 6.04 Å². The Morgan fingerprint density at radius 2 is 1.94 bits per heavy atom. The largest absolute Gasteiger partial charge is 0.309 e. The molecule has 1 N–H and O–H groups in total. The van der Waals surface area contributed by atoms with Crippen molar-refractivity contribution in [1.82, 2.24) is 0 Å². The Morgan fingerprint density at radius 1 is 1.38 bits per heavy atom. The molecule has 1 rings (SSSR count). The molecule has 1 aromatic carbocycles. The number of nitrogens with one attached hydrogen (secondary N) is 1. The Balaban J connectivity index is 2.88. The number of benzene rings is 1. The van der Waals surface area contributed by atoms with Crippen LogP contribution in [0.2, 0.25) is 0 Å². The molecule has 0 fully saturated rings. The van der Waals surface area contributed by atoms with Gasteiger partial charge in [0.15, 0.2) is 0 Å². The third kappa shape index (κ3) is 3.55. The first-order valence-corrected chi connectivity index (χ1v) is 6.79. The minimum atomic E-state index is -3.23. The van der Waals surface area contributed by atoms with Crippen molar-refractivity contribution < 1.29 is 8.42 Å². The SMILES string of the molecule is [C-]#[N+]C(CC)c1ccc(NS(C)(=O)=O)cc1. The molecule has 0 amide bonds. The van der Waals surface area contributed by atoms with Crippen molar-refractivity contribution in [2.24, 2.45) is 0 Å². The van der Waals surface area contributed by atoms with Gasteiger partial charge in [0.2, 0.25) is 16.1 Å². The van der Waals surface area contributed by atoms with E-state index in [4.69, 9.17) is 6.57 Å². The van der Waals surface area contributed by atoms with Crippen LogP contribution in [0.5, 0.6) is 0 Å². The molecule has 1 atom stereocenters. The molecule has 0 aliphatic rings. The van der Waals surface area contributed by atoms with E-state index in [9.17, 15) is 8.42 Å². The lowest BCUT2D eigenvalue weighted by Gasteiger charge is -2.06. The fraction of sp³-hybridized carbons (Fsp3) is 0.364. The van der Waals surface area contributed by atoms with Gasteiger partial charge < -0.3 is 4.85 Å². The molecular formula is C11H14N2O2S. The first kappa shape index (κ1) is 12.5. The Bertz CT molecular complexity index is 486. The van der Waals surface area contributed by atoms with E-state index in [1.54, 1.807) is 24.3 Å². The highest BCUT2D eigenvalue weighted by Gasteiger charge is 2.12. The Kier molecular flexibility index (Phi) is 3.91. The fourth-order valence-corrected chi connectivity index (χ4v) is 1.95. The van der Waals surface area contributed by atoms with Crippen molar-refractivity contribution >= 4 is 15.7 Å². The standard InChI is InChI=1S/C11H14N2O2S/c1-4-11(12-2)9-5-7-10(8-6-9)13-16(3,14)15/h5-8,11,13H,4H2,1,3H3. The molecule has 0 aliphatic carbocycles. The molecule has 0 radical (unpaired) electrons. The second kappa shape index (κ2) is 4.99. The molecule has 1 unspecified atom stereocenters. The van der Waals surface area contributed by atoms with Crippen molar-refractivity contribution in [1.29, 1.82) is 0 Å². The van der Waals surface area contributed by atoms with Gasteiger partial charge in [-0.3, -0.25) is 4.72 Å². The third-order valence-corrected chi connectivity index (χ3v) is 2.75. The molecule has 0 aromatic heterocycles. The van der Waals surface area contributed by atoms with Crippen molar-refractivity contribution in [3.63, 3.8) is 0 Å². The lowest BCUT2D eigenvalue weighted by molar-refractivity contribution is 0.607. The van der Waals surface area contributed by atoms with Gasteiger partial charge >= 0.3 is 0 Å². The maximum Gasteiger partial charge on any atom is 0.248 e. The number of nitrogens with zero attached hydrogens (tertiary/aromatic N) is 1. The van der Waals surface area contributed by atoms with Crippen molar-refractivity contribution in [2.75, 3.05) is 11.0 Å². The van der Waals surface area contributed by atoms with Crippen molar-refractivity contribution in [3.05, 3.63) is 41.2 Å². The summed E-state index contributed by atoms with van der Waals surface area (Å²) in [5.74, 6) is 0. The smallest absolute Gasteiger partial charge is 0.248 e. The Morgan fingerprint density at radius 3 is 2.31 bits per heavy atom. The van der Waals surface area contributed by atoms with Crippen LogP contribution in [0.4, 0.5) is 5.69 Å². The molecule has 0 spiro atoms. The molecule has 0 bridgehead atoms. The van der Waals surface area contributed by atoms with E-state index in [1.165, 1.54) is 0 Å². The number of rotatable bonds is 4. The van der Waals surface area contributed by atoms with E-state index in [1.807, 2.05) is 6.92 Å². The van der Waals surface area contributed by atoms with E-state index >= 15 is 0 Å². The summed E-state index contributed by atoms with van der Waals surface area (Å²) >= 11 is 0. The number of sulfonamides is 1.